The van der Waals surface area contributed by atoms with Crippen molar-refractivity contribution in [3.8, 4) is 0 Å². The number of rotatable bonds is 4. The molecule has 0 saturated carbocycles. The molecule has 0 bridgehead atoms. The summed E-state index contributed by atoms with van der Waals surface area (Å²) in [4.78, 5) is 11.9. The van der Waals surface area contributed by atoms with Gasteiger partial charge in [-0.2, -0.15) is 0 Å². The highest BCUT2D eigenvalue weighted by molar-refractivity contribution is 5.76. The number of allylic oxidation sites excluding steroid dienone is 1. The molecule has 0 aliphatic rings. The summed E-state index contributed by atoms with van der Waals surface area (Å²) in [7, 11) is 0. The van der Waals surface area contributed by atoms with Crippen LogP contribution in [0.2, 0.25) is 0 Å². The molecule has 2 aromatic carbocycles. The average molecular weight is 266 g/mol. The van der Waals surface area contributed by atoms with E-state index in [0.717, 1.165) is 11.1 Å². The summed E-state index contributed by atoms with van der Waals surface area (Å²) in [5.74, 6) is 0. The molecule has 20 heavy (non-hydrogen) atoms. The summed E-state index contributed by atoms with van der Waals surface area (Å²) in [6.07, 6.45) is 0. The summed E-state index contributed by atoms with van der Waals surface area (Å²) in [6.45, 7) is 5.43. The number of carbonyl (C=O) groups excluding carboxylic acids is 1. The van der Waals surface area contributed by atoms with E-state index >= 15 is 0 Å². The Balaban J connectivity index is 2.26. The lowest BCUT2D eigenvalue weighted by Crippen LogP contribution is -2.37. The van der Waals surface area contributed by atoms with E-state index in [2.05, 4.69) is 17.2 Å². The van der Waals surface area contributed by atoms with Crippen LogP contribution < -0.4 is 10.6 Å². The Labute approximate surface area is 119 Å². The fourth-order valence-electron chi connectivity index (χ4n) is 2.01. The molecule has 0 aromatic heterocycles. The maximum Gasteiger partial charge on any atom is 0.319 e. The normalized spacial score (nSPS) is 10.1. The van der Waals surface area contributed by atoms with Crippen LogP contribution in [0, 0.1) is 0 Å². The summed E-state index contributed by atoms with van der Waals surface area (Å²) in [5, 5.41) is 5.64. The van der Waals surface area contributed by atoms with E-state index in [0.29, 0.717) is 5.70 Å². The van der Waals surface area contributed by atoms with Crippen molar-refractivity contribution in [3.63, 3.8) is 0 Å². The molecular formula is C17H18N2O. The van der Waals surface area contributed by atoms with Crippen molar-refractivity contribution in [2.75, 3.05) is 0 Å². The molecule has 0 spiro atoms. The van der Waals surface area contributed by atoms with Gasteiger partial charge in [-0.05, 0) is 18.1 Å². The van der Waals surface area contributed by atoms with E-state index in [1.54, 1.807) is 6.92 Å². The van der Waals surface area contributed by atoms with Gasteiger partial charge >= 0.3 is 6.03 Å². The third-order valence-electron chi connectivity index (χ3n) is 2.87. The average Bonchev–Trinajstić information content (AvgIpc) is 2.46. The Morgan fingerprint density at radius 3 is 1.80 bits per heavy atom. The van der Waals surface area contributed by atoms with Crippen LogP contribution in [-0.4, -0.2) is 6.03 Å². The largest absolute Gasteiger partial charge is 0.327 e. The van der Waals surface area contributed by atoms with E-state index in [1.807, 2.05) is 60.7 Å². The molecular weight excluding hydrogens is 248 g/mol. The molecule has 0 atom stereocenters. The van der Waals surface area contributed by atoms with Gasteiger partial charge in [0.1, 0.15) is 0 Å². The van der Waals surface area contributed by atoms with Crippen LogP contribution >= 0.6 is 0 Å². The van der Waals surface area contributed by atoms with Crippen molar-refractivity contribution in [3.05, 3.63) is 84.1 Å². The second kappa shape index (κ2) is 6.57. The third-order valence-corrected chi connectivity index (χ3v) is 2.87. The van der Waals surface area contributed by atoms with Gasteiger partial charge in [0.05, 0.1) is 6.04 Å². The molecule has 0 heterocycles. The smallest absolute Gasteiger partial charge is 0.319 e. The quantitative estimate of drug-likeness (QED) is 0.872. The first-order valence-corrected chi connectivity index (χ1v) is 6.50. The lowest BCUT2D eigenvalue weighted by molar-refractivity contribution is 0.241. The molecule has 2 N–H and O–H groups in total. The van der Waals surface area contributed by atoms with Crippen LogP contribution in [0.15, 0.2) is 72.9 Å². The van der Waals surface area contributed by atoms with Crippen LogP contribution in [0.1, 0.15) is 24.1 Å². The molecule has 2 aromatic rings. The minimum absolute atomic E-state index is 0.184. The Kier molecular flexibility index (Phi) is 4.56. The van der Waals surface area contributed by atoms with E-state index in [4.69, 9.17) is 0 Å². The molecule has 0 radical (unpaired) electrons. The Morgan fingerprint density at radius 1 is 0.950 bits per heavy atom. The van der Waals surface area contributed by atoms with E-state index in [1.165, 1.54) is 0 Å². The summed E-state index contributed by atoms with van der Waals surface area (Å²) in [6, 6.07) is 19.3. The van der Waals surface area contributed by atoms with Gasteiger partial charge in [-0.15, -0.1) is 0 Å². The molecule has 2 rings (SSSR count). The summed E-state index contributed by atoms with van der Waals surface area (Å²) >= 11 is 0. The first kappa shape index (κ1) is 13.9. The van der Waals surface area contributed by atoms with E-state index < -0.39 is 0 Å². The van der Waals surface area contributed by atoms with Crippen molar-refractivity contribution < 1.29 is 4.79 Å². The number of nitrogens with one attached hydrogen (secondary N) is 2. The standard InChI is InChI=1S/C17H18N2O/c1-13(2)18-17(20)19-16(14-9-5-3-6-10-14)15-11-7-4-8-12-15/h3-12,16H,1H2,2H3,(H2,18,19,20). The SMILES string of the molecule is C=C(C)NC(=O)NC(c1ccccc1)c1ccccc1. The molecule has 3 heteroatoms. The number of amides is 2. The predicted molar refractivity (Wildman–Crippen MR) is 81.2 cm³/mol. The Hall–Kier alpha value is -2.55. The number of hydrogen-bond acceptors (Lipinski definition) is 1. The van der Waals surface area contributed by atoms with Crippen molar-refractivity contribution in [1.29, 1.82) is 0 Å². The first-order valence-electron chi connectivity index (χ1n) is 6.50. The maximum absolute atomic E-state index is 11.9. The highest BCUT2D eigenvalue weighted by Gasteiger charge is 2.16. The molecule has 3 nitrogen and oxygen atoms in total. The second-order valence-corrected chi connectivity index (χ2v) is 4.63. The molecule has 0 saturated heterocycles. The number of urea groups is 1. The minimum atomic E-state index is -0.254. The van der Waals surface area contributed by atoms with Crippen LogP contribution in [0.25, 0.3) is 0 Å². The number of hydrogen-bond donors (Lipinski definition) is 2. The Morgan fingerprint density at radius 2 is 1.40 bits per heavy atom. The van der Waals surface area contributed by atoms with Gasteiger partial charge in [0.25, 0.3) is 0 Å². The minimum Gasteiger partial charge on any atom is -0.327 e. The highest BCUT2D eigenvalue weighted by atomic mass is 16.2. The van der Waals surface area contributed by atoms with Crippen LogP contribution in [0.3, 0.4) is 0 Å². The number of carbonyl (C=O) groups is 1. The lowest BCUT2D eigenvalue weighted by atomic mass is 9.99. The van der Waals surface area contributed by atoms with Gasteiger partial charge in [0, 0.05) is 5.70 Å². The van der Waals surface area contributed by atoms with Gasteiger partial charge in [0.2, 0.25) is 0 Å². The molecule has 0 unspecified atom stereocenters. The number of benzene rings is 2. The summed E-state index contributed by atoms with van der Waals surface area (Å²) in [5.41, 5.74) is 2.69. The third kappa shape index (κ3) is 3.72. The molecule has 102 valence electrons. The first-order chi connectivity index (χ1) is 9.66. The van der Waals surface area contributed by atoms with Crippen molar-refractivity contribution >= 4 is 6.03 Å². The van der Waals surface area contributed by atoms with Gasteiger partial charge in [0.15, 0.2) is 0 Å². The van der Waals surface area contributed by atoms with Crippen molar-refractivity contribution in [2.24, 2.45) is 0 Å². The zero-order chi connectivity index (χ0) is 14.4. The topological polar surface area (TPSA) is 41.1 Å². The van der Waals surface area contributed by atoms with Gasteiger partial charge in [-0.25, -0.2) is 4.79 Å². The second-order valence-electron chi connectivity index (χ2n) is 4.63. The van der Waals surface area contributed by atoms with Crippen LogP contribution in [0.5, 0.6) is 0 Å². The van der Waals surface area contributed by atoms with Crippen LogP contribution in [0.4, 0.5) is 4.79 Å². The highest BCUT2D eigenvalue weighted by Crippen LogP contribution is 2.21. The van der Waals surface area contributed by atoms with Crippen molar-refractivity contribution in [1.82, 2.24) is 10.6 Å². The van der Waals surface area contributed by atoms with E-state index in [9.17, 15) is 4.79 Å². The molecule has 0 aliphatic carbocycles. The van der Waals surface area contributed by atoms with Gasteiger partial charge in [-0.1, -0.05) is 67.2 Å². The van der Waals surface area contributed by atoms with Crippen molar-refractivity contribution in [2.45, 2.75) is 13.0 Å². The van der Waals surface area contributed by atoms with Gasteiger partial charge in [-0.3, -0.25) is 0 Å². The fraction of sp³-hybridized carbons (Fsp3) is 0.118. The fourth-order valence-corrected chi connectivity index (χ4v) is 2.01. The molecule has 0 aliphatic heterocycles. The van der Waals surface area contributed by atoms with E-state index in [-0.39, 0.29) is 12.1 Å². The Bertz CT molecular complexity index is 539. The maximum atomic E-state index is 11.9. The van der Waals surface area contributed by atoms with Crippen LogP contribution in [-0.2, 0) is 0 Å². The predicted octanol–water partition coefficient (Wildman–Crippen LogP) is 3.61. The zero-order valence-corrected chi connectivity index (χ0v) is 11.5. The summed E-state index contributed by atoms with van der Waals surface area (Å²) < 4.78 is 0. The molecule has 2 amide bonds. The zero-order valence-electron chi connectivity index (χ0n) is 11.5. The lowest BCUT2D eigenvalue weighted by Gasteiger charge is -2.20. The molecule has 0 fully saturated rings. The van der Waals surface area contributed by atoms with Gasteiger partial charge < -0.3 is 10.6 Å². The monoisotopic (exact) mass is 266 g/mol.